The molecule has 5 heteroatoms. The highest BCUT2D eigenvalue weighted by Crippen LogP contribution is 2.23. The number of hydrogen-bond acceptors (Lipinski definition) is 3. The summed E-state index contributed by atoms with van der Waals surface area (Å²) in [4.78, 5) is 19.8. The van der Waals surface area contributed by atoms with E-state index < -0.39 is 0 Å². The molecule has 1 unspecified atom stereocenters. The van der Waals surface area contributed by atoms with E-state index in [9.17, 15) is 4.79 Å². The lowest BCUT2D eigenvalue weighted by molar-refractivity contribution is 0.195. The fraction of sp³-hybridized carbons (Fsp3) is 0.400. The molecule has 5 nitrogen and oxygen atoms in total. The Hall–Kier alpha value is -2.40. The topological polar surface area (TPSA) is 43.1 Å². The van der Waals surface area contributed by atoms with Crippen LogP contribution in [-0.4, -0.2) is 39.2 Å². The molecule has 0 N–H and O–H groups in total. The van der Waals surface area contributed by atoms with E-state index in [1.165, 1.54) is 19.4 Å². The first kappa shape index (κ1) is 16.1. The lowest BCUT2D eigenvalue weighted by atomic mass is 9.98. The predicted octanol–water partition coefficient (Wildman–Crippen LogP) is 2.74. The lowest BCUT2D eigenvalue weighted by Crippen LogP contribution is -2.34. The van der Waals surface area contributed by atoms with Crippen molar-refractivity contribution in [3.05, 3.63) is 53.1 Å². The fourth-order valence-electron chi connectivity index (χ4n) is 3.98. The molecule has 4 rings (SSSR count). The van der Waals surface area contributed by atoms with Gasteiger partial charge in [0, 0.05) is 32.5 Å². The quantitative estimate of drug-likeness (QED) is 0.739. The van der Waals surface area contributed by atoms with E-state index in [0.717, 1.165) is 29.8 Å². The van der Waals surface area contributed by atoms with Gasteiger partial charge in [-0.1, -0.05) is 18.2 Å². The molecular weight excluding hydrogens is 312 g/mol. The van der Waals surface area contributed by atoms with Crippen molar-refractivity contribution in [3.8, 4) is 11.4 Å². The van der Waals surface area contributed by atoms with Crippen LogP contribution in [0.25, 0.3) is 22.3 Å². The summed E-state index contributed by atoms with van der Waals surface area (Å²) in [7, 11) is 4.01. The predicted molar refractivity (Wildman–Crippen MR) is 101 cm³/mol. The maximum atomic E-state index is 12.9. The van der Waals surface area contributed by atoms with Crippen molar-refractivity contribution in [3.63, 3.8) is 0 Å². The molecule has 3 heterocycles. The van der Waals surface area contributed by atoms with E-state index in [1.807, 2.05) is 43.6 Å². The largest absolute Gasteiger partial charge is 0.330 e. The van der Waals surface area contributed by atoms with Gasteiger partial charge >= 0.3 is 0 Å². The Balaban J connectivity index is 1.74. The molecule has 0 aliphatic carbocycles. The summed E-state index contributed by atoms with van der Waals surface area (Å²) in [6.45, 7) is 3.20. The second-order valence-corrected chi connectivity index (χ2v) is 7.15. The molecule has 3 aromatic rings. The van der Waals surface area contributed by atoms with Gasteiger partial charge in [0.15, 0.2) is 0 Å². The molecule has 0 radical (unpaired) electrons. The minimum absolute atomic E-state index is 0.00640. The van der Waals surface area contributed by atoms with Gasteiger partial charge < -0.3 is 14.0 Å². The number of pyridine rings is 1. The summed E-state index contributed by atoms with van der Waals surface area (Å²) in [5.41, 5.74) is 1.63. The Bertz CT molecular complexity index is 956. The van der Waals surface area contributed by atoms with E-state index in [0.29, 0.717) is 11.5 Å². The van der Waals surface area contributed by atoms with E-state index >= 15 is 0 Å². The van der Waals surface area contributed by atoms with Crippen LogP contribution in [0.2, 0.25) is 0 Å². The number of likely N-dealkylation sites (tertiary alicyclic amines) is 1. The zero-order valence-corrected chi connectivity index (χ0v) is 14.9. The van der Waals surface area contributed by atoms with Crippen LogP contribution in [-0.2, 0) is 13.6 Å². The van der Waals surface area contributed by atoms with Gasteiger partial charge in [0.05, 0.1) is 11.1 Å². The third-order valence-electron chi connectivity index (χ3n) is 5.27. The summed E-state index contributed by atoms with van der Waals surface area (Å²) in [5.74, 6) is 1.38. The lowest BCUT2D eigenvalue weighted by Gasteiger charge is -2.30. The molecule has 1 atom stereocenters. The molecule has 1 fully saturated rings. The standard InChI is InChI=1S/C20H24N4O/c1-22-10-5-6-15(13-22)14-24-11-9-21-19(24)17-12-16-7-3-4-8-18(16)23(2)20(17)25/h3-4,7-9,11-12,15H,5-6,10,13-14H2,1-2H3. The minimum Gasteiger partial charge on any atom is -0.330 e. The van der Waals surface area contributed by atoms with Crippen LogP contribution in [0.1, 0.15) is 12.8 Å². The van der Waals surface area contributed by atoms with Crippen LogP contribution >= 0.6 is 0 Å². The number of fused-ring (bicyclic) bond motifs is 1. The van der Waals surface area contributed by atoms with Crippen LogP contribution in [0.15, 0.2) is 47.5 Å². The average molecular weight is 336 g/mol. The van der Waals surface area contributed by atoms with Gasteiger partial charge in [-0.2, -0.15) is 0 Å². The Morgan fingerprint density at radius 3 is 2.92 bits per heavy atom. The molecule has 0 amide bonds. The van der Waals surface area contributed by atoms with Crippen molar-refractivity contribution < 1.29 is 0 Å². The third kappa shape index (κ3) is 3.00. The maximum Gasteiger partial charge on any atom is 0.261 e. The number of aryl methyl sites for hydroxylation is 1. The highest BCUT2D eigenvalue weighted by molar-refractivity contribution is 5.83. The van der Waals surface area contributed by atoms with Crippen molar-refractivity contribution in [1.29, 1.82) is 0 Å². The first-order valence-corrected chi connectivity index (χ1v) is 8.92. The Morgan fingerprint density at radius 2 is 2.08 bits per heavy atom. The molecule has 130 valence electrons. The third-order valence-corrected chi connectivity index (χ3v) is 5.27. The molecule has 1 saturated heterocycles. The van der Waals surface area contributed by atoms with Gasteiger partial charge in [0.2, 0.25) is 0 Å². The average Bonchev–Trinajstić information content (AvgIpc) is 3.06. The molecule has 1 aliphatic heterocycles. The van der Waals surface area contributed by atoms with Gasteiger partial charge in [0.1, 0.15) is 5.82 Å². The number of aromatic nitrogens is 3. The van der Waals surface area contributed by atoms with Crippen molar-refractivity contribution in [2.45, 2.75) is 19.4 Å². The van der Waals surface area contributed by atoms with Gasteiger partial charge in [0.25, 0.3) is 5.56 Å². The van der Waals surface area contributed by atoms with Crippen LogP contribution in [0.3, 0.4) is 0 Å². The second-order valence-electron chi connectivity index (χ2n) is 7.15. The molecule has 2 aromatic heterocycles. The first-order chi connectivity index (χ1) is 12.1. The number of hydrogen-bond donors (Lipinski definition) is 0. The van der Waals surface area contributed by atoms with Crippen LogP contribution < -0.4 is 5.56 Å². The van der Waals surface area contributed by atoms with Gasteiger partial charge in [-0.3, -0.25) is 4.79 Å². The number of rotatable bonds is 3. The van der Waals surface area contributed by atoms with Crippen LogP contribution in [0.5, 0.6) is 0 Å². The molecule has 1 aromatic carbocycles. The zero-order chi connectivity index (χ0) is 17.4. The Labute approximate surface area is 147 Å². The van der Waals surface area contributed by atoms with E-state index in [1.54, 1.807) is 10.8 Å². The number of nitrogens with zero attached hydrogens (tertiary/aromatic N) is 4. The fourth-order valence-corrected chi connectivity index (χ4v) is 3.98. The van der Waals surface area contributed by atoms with E-state index in [4.69, 9.17) is 0 Å². The normalized spacial score (nSPS) is 18.7. The number of benzene rings is 1. The smallest absolute Gasteiger partial charge is 0.261 e. The van der Waals surface area contributed by atoms with Crippen LogP contribution in [0.4, 0.5) is 0 Å². The zero-order valence-electron chi connectivity index (χ0n) is 14.9. The molecule has 0 bridgehead atoms. The van der Waals surface area contributed by atoms with Crippen molar-refractivity contribution in [2.75, 3.05) is 20.1 Å². The number of para-hydroxylation sites is 1. The molecule has 0 spiro atoms. The Kier molecular flexibility index (Phi) is 4.17. The van der Waals surface area contributed by atoms with Crippen molar-refractivity contribution in [2.24, 2.45) is 13.0 Å². The van der Waals surface area contributed by atoms with E-state index in [2.05, 4.69) is 21.5 Å². The van der Waals surface area contributed by atoms with Gasteiger partial charge in [-0.05, 0) is 49.9 Å². The van der Waals surface area contributed by atoms with Crippen molar-refractivity contribution >= 4 is 10.9 Å². The summed E-state index contributed by atoms with van der Waals surface area (Å²) < 4.78 is 3.87. The van der Waals surface area contributed by atoms with Gasteiger partial charge in [-0.25, -0.2) is 4.98 Å². The summed E-state index contributed by atoms with van der Waals surface area (Å²) in [6, 6.07) is 9.96. The monoisotopic (exact) mass is 336 g/mol. The van der Waals surface area contributed by atoms with Crippen molar-refractivity contribution in [1.82, 2.24) is 19.0 Å². The summed E-state index contributed by atoms with van der Waals surface area (Å²) in [6.07, 6.45) is 6.27. The summed E-state index contributed by atoms with van der Waals surface area (Å²) in [5, 5.41) is 1.06. The first-order valence-electron chi connectivity index (χ1n) is 8.92. The molecule has 25 heavy (non-hydrogen) atoms. The van der Waals surface area contributed by atoms with E-state index in [-0.39, 0.29) is 5.56 Å². The van der Waals surface area contributed by atoms with Crippen LogP contribution in [0, 0.1) is 5.92 Å². The highest BCUT2D eigenvalue weighted by Gasteiger charge is 2.20. The summed E-state index contributed by atoms with van der Waals surface area (Å²) >= 11 is 0. The maximum absolute atomic E-state index is 12.9. The minimum atomic E-state index is 0.00640. The number of piperidine rings is 1. The molecular formula is C20H24N4O. The number of imidazole rings is 1. The molecule has 1 aliphatic rings. The molecule has 0 saturated carbocycles. The second kappa shape index (κ2) is 6.48. The SMILES string of the molecule is CN1CCCC(Cn2ccnc2-c2cc3ccccc3n(C)c2=O)C1. The van der Waals surface area contributed by atoms with Gasteiger partial charge in [-0.15, -0.1) is 0 Å². The highest BCUT2D eigenvalue weighted by atomic mass is 16.1. The Morgan fingerprint density at radius 1 is 1.24 bits per heavy atom.